The summed E-state index contributed by atoms with van der Waals surface area (Å²) in [6.45, 7) is 0. The number of hydrogen-bond donors (Lipinski definition) is 1. The highest BCUT2D eigenvalue weighted by Crippen LogP contribution is 2.39. The Bertz CT molecular complexity index is 1430. The molecule has 4 aromatic rings. The summed E-state index contributed by atoms with van der Waals surface area (Å²) in [5.41, 5.74) is 1.61. The molecular formula is C23H12F5N3O2. The predicted octanol–water partition coefficient (Wildman–Crippen LogP) is 4.92. The fourth-order valence-corrected chi connectivity index (χ4v) is 3.39. The topological polar surface area (TPSA) is 85.9 Å². The molecule has 0 unspecified atom stereocenters. The maximum absolute atomic E-state index is 15.4. The second-order valence-electron chi connectivity index (χ2n) is 7.00. The molecule has 10 heteroatoms. The summed E-state index contributed by atoms with van der Waals surface area (Å²) >= 11 is 0. The van der Waals surface area contributed by atoms with Crippen molar-refractivity contribution in [1.82, 2.24) is 9.97 Å². The van der Waals surface area contributed by atoms with Crippen molar-refractivity contribution < 1.29 is 31.5 Å². The van der Waals surface area contributed by atoms with Gasteiger partial charge in [0.05, 0.1) is 22.2 Å². The lowest BCUT2D eigenvalue weighted by molar-refractivity contribution is -0.137. The molecule has 0 atom stereocenters. The first-order valence-electron chi connectivity index (χ1n) is 9.33. The van der Waals surface area contributed by atoms with E-state index in [0.29, 0.717) is 17.6 Å². The third-order valence-electron chi connectivity index (χ3n) is 4.95. The highest BCUT2D eigenvalue weighted by molar-refractivity contribution is 6.11. The van der Waals surface area contributed by atoms with Crippen molar-refractivity contribution in [2.24, 2.45) is 5.73 Å². The van der Waals surface area contributed by atoms with Gasteiger partial charge < -0.3 is 5.73 Å². The minimum absolute atomic E-state index is 0.139. The standard InChI is InChI=1S/C23H12F5N3O2/c24-16-5-3-13(14-9-12(22(29)33)1-4-15(14)23(26,27)28)20(25)19(16)21(32)11-2-6-17-18(10-11)31-8-7-30-17/h1-10H,(H2,29,33). The smallest absolute Gasteiger partial charge is 0.366 e. The Kier molecular flexibility index (Phi) is 5.36. The van der Waals surface area contributed by atoms with E-state index in [9.17, 15) is 27.2 Å². The molecule has 1 heterocycles. The first-order valence-corrected chi connectivity index (χ1v) is 9.33. The van der Waals surface area contributed by atoms with Gasteiger partial charge in [0, 0.05) is 29.1 Å². The Morgan fingerprint density at radius 2 is 1.45 bits per heavy atom. The molecular weight excluding hydrogens is 445 g/mol. The third kappa shape index (κ3) is 4.02. The quantitative estimate of drug-likeness (QED) is 0.348. The maximum Gasteiger partial charge on any atom is 0.417 e. The molecule has 0 aliphatic rings. The number of rotatable bonds is 4. The Morgan fingerprint density at radius 1 is 0.788 bits per heavy atom. The Morgan fingerprint density at radius 3 is 2.12 bits per heavy atom. The number of benzene rings is 3. The van der Waals surface area contributed by atoms with Gasteiger partial charge in [-0.1, -0.05) is 0 Å². The van der Waals surface area contributed by atoms with Gasteiger partial charge in [-0.05, 0) is 54.1 Å². The molecule has 4 rings (SSSR count). The van der Waals surface area contributed by atoms with Crippen LogP contribution in [-0.4, -0.2) is 21.7 Å². The van der Waals surface area contributed by atoms with Crippen molar-refractivity contribution in [1.29, 1.82) is 0 Å². The summed E-state index contributed by atoms with van der Waals surface area (Å²) in [6, 6.07) is 7.59. The number of aromatic nitrogens is 2. The van der Waals surface area contributed by atoms with E-state index in [1.54, 1.807) is 0 Å². The van der Waals surface area contributed by atoms with E-state index < -0.39 is 51.8 Å². The highest BCUT2D eigenvalue weighted by Gasteiger charge is 2.35. The van der Waals surface area contributed by atoms with Gasteiger partial charge in [-0.2, -0.15) is 13.2 Å². The molecule has 166 valence electrons. The third-order valence-corrected chi connectivity index (χ3v) is 4.95. The predicted molar refractivity (Wildman–Crippen MR) is 108 cm³/mol. The van der Waals surface area contributed by atoms with Crippen molar-refractivity contribution in [2.45, 2.75) is 6.18 Å². The van der Waals surface area contributed by atoms with Gasteiger partial charge in [0.1, 0.15) is 11.6 Å². The van der Waals surface area contributed by atoms with Gasteiger partial charge in [0.25, 0.3) is 0 Å². The first-order chi connectivity index (χ1) is 15.6. The molecule has 5 nitrogen and oxygen atoms in total. The molecule has 0 fully saturated rings. The average molecular weight is 457 g/mol. The zero-order chi connectivity index (χ0) is 23.9. The normalized spacial score (nSPS) is 11.5. The van der Waals surface area contributed by atoms with Crippen LogP contribution < -0.4 is 5.73 Å². The van der Waals surface area contributed by atoms with E-state index >= 15 is 4.39 Å². The summed E-state index contributed by atoms with van der Waals surface area (Å²) in [6.07, 6.45) is -2.14. The molecule has 2 N–H and O–H groups in total. The number of carbonyl (C=O) groups is 2. The van der Waals surface area contributed by atoms with Crippen molar-refractivity contribution in [3.05, 3.63) is 94.8 Å². The largest absolute Gasteiger partial charge is 0.417 e. The number of fused-ring (bicyclic) bond motifs is 1. The number of halogens is 5. The number of nitrogens with two attached hydrogens (primary N) is 1. The first kappa shape index (κ1) is 22.0. The summed E-state index contributed by atoms with van der Waals surface area (Å²) in [5.74, 6) is -4.91. The van der Waals surface area contributed by atoms with E-state index in [4.69, 9.17) is 5.73 Å². The monoisotopic (exact) mass is 457 g/mol. The summed E-state index contributed by atoms with van der Waals surface area (Å²) in [4.78, 5) is 32.5. The fraction of sp³-hybridized carbons (Fsp3) is 0.0435. The van der Waals surface area contributed by atoms with Crippen LogP contribution in [0.15, 0.2) is 60.9 Å². The van der Waals surface area contributed by atoms with Crippen LogP contribution in [0.25, 0.3) is 22.2 Å². The Hall–Kier alpha value is -4.21. The minimum atomic E-state index is -4.92. The van der Waals surface area contributed by atoms with E-state index in [1.165, 1.54) is 30.6 Å². The zero-order valence-corrected chi connectivity index (χ0v) is 16.5. The van der Waals surface area contributed by atoms with Gasteiger partial charge in [-0.25, -0.2) is 8.78 Å². The van der Waals surface area contributed by atoms with Crippen molar-refractivity contribution in [2.75, 3.05) is 0 Å². The van der Waals surface area contributed by atoms with Crippen LogP contribution in [0.4, 0.5) is 22.0 Å². The molecule has 33 heavy (non-hydrogen) atoms. The van der Waals surface area contributed by atoms with Gasteiger partial charge >= 0.3 is 6.18 Å². The number of amides is 1. The van der Waals surface area contributed by atoms with Crippen LogP contribution in [0.5, 0.6) is 0 Å². The number of alkyl halides is 3. The highest BCUT2D eigenvalue weighted by atomic mass is 19.4. The molecule has 0 spiro atoms. The van der Waals surface area contributed by atoms with E-state index in [0.717, 1.165) is 18.2 Å². The lowest BCUT2D eigenvalue weighted by Gasteiger charge is -2.16. The van der Waals surface area contributed by atoms with Gasteiger partial charge in [-0.3, -0.25) is 19.6 Å². The molecule has 1 aromatic heterocycles. The van der Waals surface area contributed by atoms with E-state index in [-0.39, 0.29) is 16.6 Å². The number of nitrogens with zero attached hydrogens (tertiary/aromatic N) is 2. The molecule has 0 aliphatic heterocycles. The second-order valence-corrected chi connectivity index (χ2v) is 7.00. The molecule has 3 aromatic carbocycles. The van der Waals surface area contributed by atoms with Crippen LogP contribution in [0.3, 0.4) is 0 Å². The SMILES string of the molecule is NC(=O)c1ccc(C(F)(F)F)c(-c2ccc(F)c(C(=O)c3ccc4nccnc4c3)c2F)c1. The summed E-state index contributed by atoms with van der Waals surface area (Å²) in [5, 5.41) is 0. The summed E-state index contributed by atoms with van der Waals surface area (Å²) in [7, 11) is 0. The van der Waals surface area contributed by atoms with Crippen LogP contribution >= 0.6 is 0 Å². The van der Waals surface area contributed by atoms with Gasteiger partial charge in [0.2, 0.25) is 5.91 Å². The maximum atomic E-state index is 15.4. The Balaban J connectivity index is 1.91. The lowest BCUT2D eigenvalue weighted by Crippen LogP contribution is -2.14. The number of ketones is 1. The molecule has 0 aliphatic carbocycles. The van der Waals surface area contributed by atoms with Crippen molar-refractivity contribution in [3.63, 3.8) is 0 Å². The van der Waals surface area contributed by atoms with Gasteiger partial charge in [0.15, 0.2) is 5.78 Å². The van der Waals surface area contributed by atoms with Crippen LogP contribution in [0.1, 0.15) is 31.8 Å². The fourth-order valence-electron chi connectivity index (χ4n) is 3.39. The lowest BCUT2D eigenvalue weighted by atomic mass is 9.92. The second kappa shape index (κ2) is 8.05. The molecule has 1 amide bonds. The zero-order valence-electron chi connectivity index (χ0n) is 16.5. The molecule has 0 saturated carbocycles. The number of hydrogen-bond acceptors (Lipinski definition) is 4. The van der Waals surface area contributed by atoms with Gasteiger partial charge in [-0.15, -0.1) is 0 Å². The van der Waals surface area contributed by atoms with Crippen molar-refractivity contribution >= 4 is 22.7 Å². The summed E-state index contributed by atoms with van der Waals surface area (Å²) < 4.78 is 70.6. The molecule has 0 radical (unpaired) electrons. The van der Waals surface area contributed by atoms with Crippen LogP contribution in [0, 0.1) is 11.6 Å². The van der Waals surface area contributed by atoms with Crippen molar-refractivity contribution in [3.8, 4) is 11.1 Å². The minimum Gasteiger partial charge on any atom is -0.366 e. The number of primary amides is 1. The van der Waals surface area contributed by atoms with Crippen LogP contribution in [0.2, 0.25) is 0 Å². The van der Waals surface area contributed by atoms with Crippen LogP contribution in [-0.2, 0) is 6.18 Å². The average Bonchev–Trinajstić information content (AvgIpc) is 2.77. The Labute approximate surface area is 182 Å². The molecule has 0 saturated heterocycles. The van der Waals surface area contributed by atoms with E-state index in [1.807, 2.05) is 0 Å². The molecule has 0 bridgehead atoms. The van der Waals surface area contributed by atoms with E-state index in [2.05, 4.69) is 9.97 Å². The number of carbonyl (C=O) groups excluding carboxylic acids is 2.